The van der Waals surface area contributed by atoms with Gasteiger partial charge in [-0.05, 0) is 104 Å². The standard InChI is InChI=1S/C76H57BN2O3/c1-75(2,3)50-33-35-52(36-34-50)78-66-45-61-60(71(47-22-12-8-13-23-47)81-72(61)48-24-14-9-15-25-48)44-63(66)77-62-38-37-53(43-68(62)80-69-42-51(76(4,5)6)41-67(78)70(69)77)79-64-31-17-16-26-56(64)59-40-49(32-39-65(59)79)55-28-19-30-58-57-29-18-27-54(73(57)82-74(55)58)46-20-10-7-11-21-46/h7-45H,1-6H3. The van der Waals surface area contributed by atoms with Crippen molar-refractivity contribution in [3.63, 3.8) is 0 Å². The average Bonchev–Trinajstić information content (AvgIpc) is 3.86. The van der Waals surface area contributed by atoms with E-state index in [0.29, 0.717) is 0 Å². The van der Waals surface area contributed by atoms with Crippen LogP contribution in [0.3, 0.4) is 0 Å². The van der Waals surface area contributed by atoms with Gasteiger partial charge in [-0.1, -0.05) is 217 Å². The smallest absolute Gasteiger partial charge is 0.256 e. The van der Waals surface area contributed by atoms with E-state index in [1.165, 1.54) is 27.4 Å². The molecule has 2 aliphatic heterocycles. The largest absolute Gasteiger partial charge is 0.458 e. The van der Waals surface area contributed by atoms with Crippen LogP contribution in [0, 0.1) is 0 Å². The number of para-hydroxylation sites is 3. The average molecular weight is 1060 g/mol. The fraction of sp³-hybridized carbons (Fsp3) is 0.105. The molecule has 16 rings (SSSR count). The summed E-state index contributed by atoms with van der Waals surface area (Å²) in [6.45, 7) is 13.6. The Morgan fingerprint density at radius 3 is 1.59 bits per heavy atom. The van der Waals surface area contributed by atoms with E-state index in [2.05, 4.69) is 288 Å². The maximum atomic E-state index is 7.44. The second-order valence-corrected chi connectivity index (χ2v) is 24.4. The molecule has 6 heteroatoms. The Morgan fingerprint density at radius 1 is 0.354 bits per heavy atom. The van der Waals surface area contributed by atoms with E-state index >= 15 is 0 Å². The topological polar surface area (TPSA) is 43.7 Å². The predicted molar refractivity (Wildman–Crippen MR) is 343 cm³/mol. The van der Waals surface area contributed by atoms with E-state index in [1.54, 1.807) is 0 Å². The highest BCUT2D eigenvalue weighted by Gasteiger charge is 2.44. The molecule has 5 heterocycles. The third-order valence-corrected chi connectivity index (χ3v) is 17.4. The van der Waals surface area contributed by atoms with Crippen molar-refractivity contribution in [2.75, 3.05) is 4.90 Å². The first-order chi connectivity index (χ1) is 39.9. The summed E-state index contributed by atoms with van der Waals surface area (Å²) in [7, 11) is 0. The Morgan fingerprint density at radius 2 is 0.927 bits per heavy atom. The molecule has 392 valence electrons. The number of nitrogens with zero attached hydrogens (tertiary/aromatic N) is 2. The minimum atomic E-state index is -0.184. The number of aromatic nitrogens is 1. The Balaban J connectivity index is 0.897. The fourth-order valence-electron chi connectivity index (χ4n) is 13.2. The number of fused-ring (bicyclic) bond motifs is 11. The summed E-state index contributed by atoms with van der Waals surface area (Å²) in [4.78, 5) is 2.49. The molecule has 0 unspecified atom stereocenters. The number of hydrogen-bond acceptors (Lipinski definition) is 4. The maximum absolute atomic E-state index is 7.44. The van der Waals surface area contributed by atoms with Crippen LogP contribution in [0.4, 0.5) is 17.1 Å². The second kappa shape index (κ2) is 17.9. The van der Waals surface area contributed by atoms with Gasteiger partial charge in [0.25, 0.3) is 6.71 Å². The Hall–Kier alpha value is -9.78. The lowest BCUT2D eigenvalue weighted by Crippen LogP contribution is -2.59. The van der Waals surface area contributed by atoms with E-state index in [-0.39, 0.29) is 17.5 Å². The molecule has 0 aliphatic carbocycles. The monoisotopic (exact) mass is 1060 g/mol. The Labute approximate surface area is 477 Å². The van der Waals surface area contributed by atoms with Crippen molar-refractivity contribution in [3.05, 3.63) is 248 Å². The van der Waals surface area contributed by atoms with Crippen LogP contribution in [-0.4, -0.2) is 11.3 Å². The van der Waals surface area contributed by atoms with Gasteiger partial charge < -0.3 is 23.0 Å². The number of benzene rings is 11. The van der Waals surface area contributed by atoms with Crippen LogP contribution in [0.1, 0.15) is 52.7 Å². The molecule has 82 heavy (non-hydrogen) atoms. The predicted octanol–water partition coefficient (Wildman–Crippen LogP) is 19.1. The van der Waals surface area contributed by atoms with E-state index in [1.807, 2.05) is 0 Å². The van der Waals surface area contributed by atoms with Gasteiger partial charge in [0.15, 0.2) is 0 Å². The summed E-state index contributed by atoms with van der Waals surface area (Å²) < 4.78 is 23.9. The van der Waals surface area contributed by atoms with E-state index < -0.39 is 0 Å². The lowest BCUT2D eigenvalue weighted by atomic mass is 9.34. The summed E-state index contributed by atoms with van der Waals surface area (Å²) >= 11 is 0. The molecule has 3 aromatic heterocycles. The lowest BCUT2D eigenvalue weighted by molar-refractivity contribution is 0.483. The molecule has 0 fully saturated rings. The zero-order valence-electron chi connectivity index (χ0n) is 46.7. The molecule has 0 saturated heterocycles. The Kier molecular flexibility index (Phi) is 10.5. The molecule has 11 aromatic carbocycles. The first kappa shape index (κ1) is 48.2. The summed E-state index contributed by atoms with van der Waals surface area (Å²) in [6.07, 6.45) is 0. The molecule has 0 atom stereocenters. The van der Waals surface area contributed by atoms with Gasteiger partial charge in [-0.2, -0.15) is 0 Å². The van der Waals surface area contributed by atoms with Crippen LogP contribution in [-0.2, 0) is 10.8 Å². The van der Waals surface area contributed by atoms with Crippen LogP contribution >= 0.6 is 0 Å². The summed E-state index contributed by atoms with van der Waals surface area (Å²) in [5.74, 6) is 3.43. The molecular formula is C76H57BN2O3. The van der Waals surface area contributed by atoms with Crippen molar-refractivity contribution in [2.24, 2.45) is 0 Å². The summed E-state index contributed by atoms with van der Waals surface area (Å²) in [5.41, 5.74) is 20.6. The molecule has 5 nitrogen and oxygen atoms in total. The second-order valence-electron chi connectivity index (χ2n) is 24.4. The quantitative estimate of drug-likeness (QED) is 0.156. The molecule has 2 aliphatic rings. The number of hydrogen-bond donors (Lipinski definition) is 0. The molecule has 0 N–H and O–H groups in total. The van der Waals surface area contributed by atoms with Crippen molar-refractivity contribution in [1.82, 2.24) is 4.57 Å². The van der Waals surface area contributed by atoms with Crippen LogP contribution in [0.15, 0.2) is 245 Å². The van der Waals surface area contributed by atoms with Gasteiger partial charge >= 0.3 is 0 Å². The van der Waals surface area contributed by atoms with E-state index in [4.69, 9.17) is 13.6 Å². The highest BCUT2D eigenvalue weighted by molar-refractivity contribution is 6.99. The van der Waals surface area contributed by atoms with Gasteiger partial charge in [-0.3, -0.25) is 0 Å². The third-order valence-electron chi connectivity index (χ3n) is 17.4. The van der Waals surface area contributed by atoms with E-state index in [0.717, 1.165) is 134 Å². The number of ether oxygens (including phenoxy) is 1. The van der Waals surface area contributed by atoms with Gasteiger partial charge in [0, 0.05) is 83.4 Å². The van der Waals surface area contributed by atoms with Crippen LogP contribution < -0.4 is 26.0 Å². The van der Waals surface area contributed by atoms with E-state index in [9.17, 15) is 0 Å². The summed E-state index contributed by atoms with van der Waals surface area (Å²) in [5, 5.41) is 6.71. The lowest BCUT2D eigenvalue weighted by Gasteiger charge is -2.41. The van der Waals surface area contributed by atoms with Gasteiger partial charge in [-0.15, -0.1) is 0 Å². The third kappa shape index (κ3) is 7.40. The minimum absolute atomic E-state index is 0.00564. The van der Waals surface area contributed by atoms with Crippen molar-refractivity contribution in [2.45, 2.75) is 52.4 Å². The highest BCUT2D eigenvalue weighted by Crippen LogP contribution is 2.49. The van der Waals surface area contributed by atoms with Crippen molar-refractivity contribution >= 4 is 94.7 Å². The molecule has 0 spiro atoms. The number of rotatable bonds is 6. The molecule has 14 aromatic rings. The van der Waals surface area contributed by atoms with Gasteiger partial charge in [0.05, 0.1) is 11.0 Å². The normalized spacial score (nSPS) is 13.0. The van der Waals surface area contributed by atoms with Gasteiger partial charge in [-0.25, -0.2) is 0 Å². The first-order valence-corrected chi connectivity index (χ1v) is 28.6. The zero-order valence-corrected chi connectivity index (χ0v) is 46.7. The molecule has 0 saturated carbocycles. The first-order valence-electron chi connectivity index (χ1n) is 28.6. The highest BCUT2D eigenvalue weighted by atomic mass is 16.5. The fourth-order valence-corrected chi connectivity index (χ4v) is 13.2. The zero-order chi connectivity index (χ0) is 55.2. The molecule has 0 bridgehead atoms. The molecular weight excluding hydrogens is 1000 g/mol. The van der Waals surface area contributed by atoms with Crippen LogP contribution in [0.2, 0.25) is 0 Å². The number of furan rings is 2. The summed E-state index contributed by atoms with van der Waals surface area (Å²) in [6, 6.07) is 85.9. The Bertz CT molecular complexity index is 4900. The van der Waals surface area contributed by atoms with Crippen molar-refractivity contribution in [1.29, 1.82) is 0 Å². The molecule has 0 amide bonds. The maximum Gasteiger partial charge on any atom is 0.256 e. The van der Waals surface area contributed by atoms with Crippen molar-refractivity contribution < 1.29 is 13.6 Å². The van der Waals surface area contributed by atoms with Crippen molar-refractivity contribution in [3.8, 4) is 62.1 Å². The van der Waals surface area contributed by atoms with Crippen LogP contribution in [0.5, 0.6) is 11.5 Å². The minimum Gasteiger partial charge on any atom is -0.458 e. The molecule has 0 radical (unpaired) electrons. The van der Waals surface area contributed by atoms with Gasteiger partial charge in [0.2, 0.25) is 0 Å². The SMILES string of the molecule is CC(C)(C)c1ccc(N2c3cc4c(-c5ccccc5)oc(-c5ccccc5)c4cc3B3c4ccc(-n5c6ccccc6c6cc(-c7cccc8c7oc7c(-c9ccccc9)cccc78)ccc65)cc4Oc4cc(C(C)(C)C)cc2c43)cc1. The van der Waals surface area contributed by atoms with Crippen LogP contribution in [0.25, 0.3) is 105 Å². The number of anilines is 3. The van der Waals surface area contributed by atoms with Gasteiger partial charge in [0.1, 0.15) is 34.2 Å².